The van der Waals surface area contributed by atoms with Crippen molar-refractivity contribution in [3.05, 3.63) is 36.5 Å². The Hall–Kier alpha value is -1.86. The summed E-state index contributed by atoms with van der Waals surface area (Å²) in [6, 6.07) is 0. The van der Waals surface area contributed by atoms with E-state index in [-0.39, 0.29) is 32.1 Å². The van der Waals surface area contributed by atoms with Crippen LogP contribution in [0.25, 0.3) is 0 Å². The van der Waals surface area contributed by atoms with Crippen molar-refractivity contribution in [1.82, 2.24) is 0 Å². The van der Waals surface area contributed by atoms with Crippen molar-refractivity contribution in [2.75, 3.05) is 13.2 Å². The largest absolute Gasteiger partial charge is 0.472 e. The molecule has 7 unspecified atom stereocenters. The number of esters is 2. The third-order valence-electron chi connectivity index (χ3n) is 10.9. The van der Waals surface area contributed by atoms with Crippen LogP contribution in [0.5, 0.6) is 0 Å². The maximum Gasteiger partial charge on any atom is 0.472 e. The summed E-state index contributed by atoms with van der Waals surface area (Å²) in [5, 5.41) is 62.1. The van der Waals surface area contributed by atoms with Crippen LogP contribution in [-0.2, 0) is 41.8 Å². The van der Waals surface area contributed by atoms with E-state index < -0.39 is 95.7 Å². The van der Waals surface area contributed by atoms with Gasteiger partial charge in [-0.1, -0.05) is 140 Å². The summed E-state index contributed by atoms with van der Waals surface area (Å²) in [7, 11) is -10.8. The lowest BCUT2D eigenvalue weighted by atomic mass is 9.85. The van der Waals surface area contributed by atoms with Crippen LogP contribution in [0.4, 0.5) is 0 Å². The molecule has 65 heavy (non-hydrogen) atoms. The number of unbranched alkanes of at least 4 members (excludes halogenated alkanes) is 15. The zero-order chi connectivity index (χ0) is 48.5. The Bertz CT molecular complexity index is 1440. The molecule has 0 radical (unpaired) electrons. The fraction of sp³-hybridized carbons (Fsp3) is 0.822. The van der Waals surface area contributed by atoms with Crippen molar-refractivity contribution in [3.63, 3.8) is 0 Å². The Kier molecular flexibility index (Phi) is 34.0. The maximum atomic E-state index is 13.0. The van der Waals surface area contributed by atoms with Crippen molar-refractivity contribution in [2.45, 2.75) is 223 Å². The third-order valence-corrected chi connectivity index (χ3v) is 12.4. The molecule has 0 aromatic heterocycles. The number of aliphatic hydroxyl groups is 6. The Morgan fingerprint density at radius 1 is 0.554 bits per heavy atom. The van der Waals surface area contributed by atoms with Crippen LogP contribution in [0.2, 0.25) is 0 Å². The molecule has 9 N–H and O–H groups in total. The van der Waals surface area contributed by atoms with Crippen LogP contribution >= 0.6 is 15.6 Å². The first-order chi connectivity index (χ1) is 30.9. The summed E-state index contributed by atoms with van der Waals surface area (Å²) in [6.45, 7) is 2.83. The molecule has 0 spiro atoms. The molecule has 18 nitrogen and oxygen atoms in total. The third kappa shape index (κ3) is 30.3. The molecule has 1 aliphatic rings. The minimum absolute atomic E-state index is 0.0306. The number of phosphoric ester groups is 2. The second-order valence-corrected chi connectivity index (χ2v) is 19.4. The van der Waals surface area contributed by atoms with E-state index in [0.29, 0.717) is 12.8 Å². The second kappa shape index (κ2) is 36.2. The second-order valence-electron chi connectivity index (χ2n) is 16.8. The molecule has 1 saturated carbocycles. The molecule has 0 saturated heterocycles. The highest BCUT2D eigenvalue weighted by Crippen LogP contribution is 2.49. The summed E-state index contributed by atoms with van der Waals surface area (Å²) < 4.78 is 49.1. The Morgan fingerprint density at radius 2 is 1.05 bits per heavy atom. The predicted octanol–water partition coefficient (Wildman–Crippen LogP) is 6.67. The van der Waals surface area contributed by atoms with Crippen molar-refractivity contribution in [1.29, 1.82) is 0 Å². The molecule has 0 aromatic carbocycles. The number of carbonyl (C=O) groups excluding carboxylic acids is 2. The predicted molar refractivity (Wildman–Crippen MR) is 244 cm³/mol. The van der Waals surface area contributed by atoms with E-state index in [1.165, 1.54) is 70.6 Å². The molecule has 1 aliphatic carbocycles. The summed E-state index contributed by atoms with van der Waals surface area (Å²) in [5.41, 5.74) is 0. The van der Waals surface area contributed by atoms with Crippen molar-refractivity contribution < 1.29 is 87.1 Å². The first kappa shape index (κ1) is 61.2. The molecule has 0 amide bonds. The van der Waals surface area contributed by atoms with Gasteiger partial charge in [0.1, 0.15) is 43.2 Å². The lowest BCUT2D eigenvalue weighted by Crippen LogP contribution is -2.64. The molecule has 0 aliphatic heterocycles. The SMILES string of the molecule is CCCCC/C=C\C/C=C\C/C=C\CC(O)C(O)CCCC(=O)O[C@H](COC(=O)CCCCCCCCCCCCCCC)COP(=O)(O)O[C@H]1C(O)C(O)C(O)[C@@H](OP(=O)(O)O)C1O. The van der Waals surface area contributed by atoms with E-state index in [0.717, 1.165) is 38.5 Å². The van der Waals surface area contributed by atoms with Gasteiger partial charge < -0.3 is 54.8 Å². The van der Waals surface area contributed by atoms with Crippen LogP contribution in [0.3, 0.4) is 0 Å². The van der Waals surface area contributed by atoms with Crippen molar-refractivity contribution >= 4 is 27.6 Å². The highest BCUT2D eigenvalue weighted by Gasteiger charge is 2.54. The van der Waals surface area contributed by atoms with Gasteiger partial charge in [0.2, 0.25) is 0 Å². The molecule has 20 heteroatoms. The minimum Gasteiger partial charge on any atom is -0.462 e. The lowest BCUT2D eigenvalue weighted by Gasteiger charge is -2.43. The van der Waals surface area contributed by atoms with Gasteiger partial charge in [0.25, 0.3) is 0 Å². The van der Waals surface area contributed by atoms with Gasteiger partial charge in [-0.25, -0.2) is 9.13 Å². The number of ether oxygens (including phenoxy) is 2. The number of hydrogen-bond acceptors (Lipinski definition) is 15. The first-order valence-corrected chi connectivity index (χ1v) is 26.7. The van der Waals surface area contributed by atoms with Gasteiger partial charge in [-0.2, -0.15) is 0 Å². The molecule has 0 bridgehead atoms. The molecule has 10 atom stereocenters. The normalized spacial score (nSPS) is 22.9. The number of allylic oxidation sites excluding steroid dienone is 5. The summed E-state index contributed by atoms with van der Waals surface area (Å²) in [5.74, 6) is -1.49. The van der Waals surface area contributed by atoms with Crippen molar-refractivity contribution in [3.8, 4) is 0 Å². The van der Waals surface area contributed by atoms with Crippen LogP contribution in [0.15, 0.2) is 36.5 Å². The maximum absolute atomic E-state index is 13.0. The Labute approximate surface area is 386 Å². The molecular weight excluding hydrogens is 890 g/mol. The topological polar surface area (TPSA) is 296 Å². The quantitative estimate of drug-likeness (QED) is 0.0134. The van der Waals surface area contributed by atoms with Crippen LogP contribution in [-0.4, -0.2) is 125 Å². The average Bonchev–Trinajstić information content (AvgIpc) is 3.25. The molecule has 1 rings (SSSR count). The molecular formula is C45H82O18P2. The van der Waals surface area contributed by atoms with Gasteiger partial charge in [0.15, 0.2) is 6.10 Å². The van der Waals surface area contributed by atoms with E-state index in [1.807, 2.05) is 12.2 Å². The van der Waals surface area contributed by atoms with E-state index in [1.54, 1.807) is 6.08 Å². The van der Waals surface area contributed by atoms with Crippen molar-refractivity contribution in [2.24, 2.45) is 0 Å². The summed E-state index contributed by atoms with van der Waals surface area (Å²) in [4.78, 5) is 54.3. The van der Waals surface area contributed by atoms with E-state index in [4.69, 9.17) is 28.3 Å². The molecule has 1 fully saturated rings. The van der Waals surface area contributed by atoms with Crippen LogP contribution in [0, 0.1) is 0 Å². The standard InChI is InChI=1S/C45H82O18P2/c1-3-5-7-9-11-13-15-17-19-21-23-25-27-31-38(48)59-33-35(34-60-65(57,58)63-45-42(52)40(50)41(51)44(43(45)53)62-64(54,55)56)61-39(49)32-28-30-37(47)36(46)29-26-24-22-20-18-16-14-12-10-8-6-4-2/h12,14,18,20,24,26,35-37,40-47,50-53H,3-11,13,15-17,19,21-23,25,27-34H2,1-2H3,(H,57,58)(H2,54,55,56)/b14-12-,20-18-,26-24-/t35-,36?,37?,40?,41?,42?,43?,44-,45+/m1/s1. The van der Waals surface area contributed by atoms with E-state index in [9.17, 15) is 54.3 Å². The zero-order valence-electron chi connectivity index (χ0n) is 38.6. The highest BCUT2D eigenvalue weighted by atomic mass is 31.2. The number of phosphoric acid groups is 2. The lowest BCUT2D eigenvalue weighted by molar-refractivity contribution is -0.216. The van der Waals surface area contributed by atoms with E-state index in [2.05, 4.69) is 36.6 Å². The fourth-order valence-corrected chi connectivity index (χ4v) is 8.61. The van der Waals surface area contributed by atoms with Gasteiger partial charge in [0, 0.05) is 12.8 Å². The molecule has 380 valence electrons. The highest BCUT2D eigenvalue weighted by molar-refractivity contribution is 7.47. The number of aliphatic hydroxyl groups excluding tert-OH is 6. The minimum atomic E-state index is -5.40. The van der Waals surface area contributed by atoms with Gasteiger partial charge in [-0.3, -0.25) is 23.2 Å². The van der Waals surface area contributed by atoms with Gasteiger partial charge >= 0.3 is 27.6 Å². The average molecular weight is 973 g/mol. The Morgan fingerprint density at radius 3 is 1.62 bits per heavy atom. The number of carbonyl (C=O) groups is 2. The number of rotatable bonds is 39. The van der Waals surface area contributed by atoms with Crippen LogP contribution < -0.4 is 0 Å². The van der Waals surface area contributed by atoms with E-state index >= 15 is 0 Å². The Balaban J connectivity index is 2.71. The first-order valence-electron chi connectivity index (χ1n) is 23.7. The number of hydrogen-bond donors (Lipinski definition) is 9. The smallest absolute Gasteiger partial charge is 0.462 e. The van der Waals surface area contributed by atoms with Gasteiger partial charge in [-0.15, -0.1) is 0 Å². The van der Waals surface area contributed by atoms with Crippen LogP contribution in [0.1, 0.15) is 168 Å². The monoisotopic (exact) mass is 972 g/mol. The summed E-state index contributed by atoms with van der Waals surface area (Å²) in [6.07, 6.45) is 15.4. The summed E-state index contributed by atoms with van der Waals surface area (Å²) >= 11 is 0. The van der Waals surface area contributed by atoms with Gasteiger partial charge in [-0.05, 0) is 51.4 Å². The molecule has 0 aromatic rings. The molecule has 0 heterocycles. The zero-order valence-corrected chi connectivity index (χ0v) is 40.4. The van der Waals surface area contributed by atoms with Gasteiger partial charge in [0.05, 0.1) is 18.8 Å². The fourth-order valence-electron chi connectivity index (χ4n) is 7.07.